The number of hydrogen-bond donors (Lipinski definition) is 1. The second-order valence-electron chi connectivity index (χ2n) is 5.59. The summed E-state index contributed by atoms with van der Waals surface area (Å²) < 4.78 is 0. The van der Waals surface area contributed by atoms with E-state index < -0.39 is 0 Å². The Morgan fingerprint density at radius 3 is 2.52 bits per heavy atom. The normalized spacial score (nSPS) is 20.9. The second-order valence-corrected chi connectivity index (χ2v) is 6.03. The smallest absolute Gasteiger partial charge is 0.223 e. The van der Waals surface area contributed by atoms with Crippen LogP contribution in [0.4, 0.5) is 0 Å². The van der Waals surface area contributed by atoms with Gasteiger partial charge in [-0.25, -0.2) is 0 Å². The van der Waals surface area contributed by atoms with Crippen molar-refractivity contribution in [3.05, 3.63) is 34.9 Å². The number of amides is 1. The van der Waals surface area contributed by atoms with Crippen LogP contribution in [-0.4, -0.2) is 23.4 Å². The van der Waals surface area contributed by atoms with Gasteiger partial charge in [-0.15, -0.1) is 12.4 Å². The Morgan fingerprint density at radius 1 is 1.33 bits per heavy atom. The minimum absolute atomic E-state index is 0. The van der Waals surface area contributed by atoms with Gasteiger partial charge in [0.1, 0.15) is 0 Å². The third-order valence-corrected chi connectivity index (χ3v) is 4.43. The average molecular weight is 331 g/mol. The van der Waals surface area contributed by atoms with E-state index in [1.165, 1.54) is 0 Å². The lowest BCUT2D eigenvalue weighted by atomic mass is 9.99. The highest BCUT2D eigenvalue weighted by atomic mass is 35.5. The van der Waals surface area contributed by atoms with Crippen molar-refractivity contribution < 1.29 is 4.79 Å². The molecule has 1 aliphatic carbocycles. The largest absolute Gasteiger partial charge is 0.339 e. The Hall–Kier alpha value is -0.770. The number of carbonyl (C=O) groups excluding carboxylic acids is 1. The maximum atomic E-state index is 12.4. The van der Waals surface area contributed by atoms with Gasteiger partial charge in [0.2, 0.25) is 5.91 Å². The molecule has 0 radical (unpaired) electrons. The molecule has 2 rings (SSSR count). The van der Waals surface area contributed by atoms with Crippen molar-refractivity contribution in [3.8, 4) is 0 Å². The number of halogens is 2. The van der Waals surface area contributed by atoms with E-state index >= 15 is 0 Å². The molecule has 0 heterocycles. The summed E-state index contributed by atoms with van der Waals surface area (Å²) in [4.78, 5) is 14.3. The summed E-state index contributed by atoms with van der Waals surface area (Å²) in [5.74, 6) is 0.576. The fraction of sp³-hybridized carbons (Fsp3) is 0.562. The molecule has 2 atom stereocenters. The molecule has 1 amide bonds. The van der Waals surface area contributed by atoms with Crippen LogP contribution in [0.1, 0.15) is 38.2 Å². The van der Waals surface area contributed by atoms with Gasteiger partial charge in [0.15, 0.2) is 0 Å². The fourth-order valence-electron chi connectivity index (χ4n) is 2.86. The number of nitrogens with zero attached hydrogens (tertiary/aromatic N) is 1. The lowest BCUT2D eigenvalue weighted by Gasteiger charge is -2.24. The van der Waals surface area contributed by atoms with Gasteiger partial charge in [-0.2, -0.15) is 0 Å². The second kappa shape index (κ2) is 8.62. The SMILES string of the molecule is CCN(Cc1ccc(Cl)cc1)C(=O)C[C@@H]1CCC[C@H]1N.Cl. The van der Waals surface area contributed by atoms with Gasteiger partial charge in [0, 0.05) is 30.6 Å². The minimum Gasteiger partial charge on any atom is -0.339 e. The molecule has 1 saturated carbocycles. The molecule has 118 valence electrons. The van der Waals surface area contributed by atoms with Crippen LogP contribution in [0.2, 0.25) is 5.02 Å². The number of hydrogen-bond acceptors (Lipinski definition) is 2. The zero-order valence-corrected chi connectivity index (χ0v) is 14.0. The van der Waals surface area contributed by atoms with Gasteiger partial charge in [-0.3, -0.25) is 4.79 Å². The summed E-state index contributed by atoms with van der Waals surface area (Å²) in [6.45, 7) is 3.39. The van der Waals surface area contributed by atoms with Crippen LogP contribution in [0.25, 0.3) is 0 Å². The number of nitrogens with two attached hydrogens (primary N) is 1. The monoisotopic (exact) mass is 330 g/mol. The lowest BCUT2D eigenvalue weighted by molar-refractivity contribution is -0.132. The highest BCUT2D eigenvalue weighted by molar-refractivity contribution is 6.30. The third kappa shape index (κ3) is 5.17. The Bertz CT molecular complexity index is 450. The zero-order chi connectivity index (χ0) is 14.5. The quantitative estimate of drug-likeness (QED) is 0.896. The lowest BCUT2D eigenvalue weighted by Crippen LogP contribution is -2.34. The van der Waals surface area contributed by atoms with Gasteiger partial charge in [0.05, 0.1) is 0 Å². The van der Waals surface area contributed by atoms with Gasteiger partial charge >= 0.3 is 0 Å². The van der Waals surface area contributed by atoms with E-state index in [1.807, 2.05) is 36.1 Å². The molecule has 0 aromatic heterocycles. The third-order valence-electron chi connectivity index (χ3n) is 4.18. The molecule has 2 N–H and O–H groups in total. The zero-order valence-electron chi connectivity index (χ0n) is 12.4. The fourth-order valence-corrected chi connectivity index (χ4v) is 2.98. The summed E-state index contributed by atoms with van der Waals surface area (Å²) in [7, 11) is 0. The minimum atomic E-state index is 0. The molecule has 1 fully saturated rings. The summed E-state index contributed by atoms with van der Waals surface area (Å²) in [6, 6.07) is 7.87. The molecule has 0 saturated heterocycles. The van der Waals surface area contributed by atoms with Crippen LogP contribution in [0, 0.1) is 5.92 Å². The van der Waals surface area contributed by atoms with Crippen molar-refractivity contribution in [2.24, 2.45) is 11.7 Å². The van der Waals surface area contributed by atoms with Gasteiger partial charge in [0.25, 0.3) is 0 Å². The molecule has 3 nitrogen and oxygen atoms in total. The van der Waals surface area contributed by atoms with Crippen molar-refractivity contribution in [2.75, 3.05) is 6.54 Å². The van der Waals surface area contributed by atoms with Crippen LogP contribution in [0.15, 0.2) is 24.3 Å². The molecular weight excluding hydrogens is 307 g/mol. The molecule has 0 unspecified atom stereocenters. The summed E-state index contributed by atoms with van der Waals surface area (Å²) in [5, 5.41) is 0.722. The Labute approximate surface area is 138 Å². The molecule has 0 spiro atoms. The van der Waals surface area contributed by atoms with Crippen molar-refractivity contribution in [3.63, 3.8) is 0 Å². The standard InChI is InChI=1S/C16H23ClN2O.ClH/c1-2-19(11-12-6-8-14(17)9-7-12)16(20)10-13-4-3-5-15(13)18;/h6-9,13,15H,2-5,10-11,18H2,1H3;1H/t13-,15+;/m0./s1. The number of carbonyl (C=O) groups is 1. The predicted octanol–water partition coefficient (Wildman–Crippen LogP) is 3.63. The van der Waals surface area contributed by atoms with E-state index in [0.717, 1.165) is 36.4 Å². The highest BCUT2D eigenvalue weighted by Crippen LogP contribution is 2.27. The van der Waals surface area contributed by atoms with E-state index in [9.17, 15) is 4.79 Å². The maximum absolute atomic E-state index is 12.4. The van der Waals surface area contributed by atoms with E-state index in [0.29, 0.717) is 18.9 Å². The molecule has 21 heavy (non-hydrogen) atoms. The van der Waals surface area contributed by atoms with Crippen LogP contribution in [0.3, 0.4) is 0 Å². The van der Waals surface area contributed by atoms with Crippen molar-refractivity contribution in [2.45, 2.75) is 45.2 Å². The van der Waals surface area contributed by atoms with Crippen LogP contribution < -0.4 is 5.73 Å². The molecule has 1 aromatic rings. The van der Waals surface area contributed by atoms with Crippen LogP contribution in [-0.2, 0) is 11.3 Å². The van der Waals surface area contributed by atoms with Gasteiger partial charge < -0.3 is 10.6 Å². The predicted molar refractivity (Wildman–Crippen MR) is 89.7 cm³/mol. The highest BCUT2D eigenvalue weighted by Gasteiger charge is 2.27. The van der Waals surface area contributed by atoms with Crippen LogP contribution in [0.5, 0.6) is 0 Å². The molecule has 1 aromatic carbocycles. The summed E-state index contributed by atoms with van der Waals surface area (Å²) in [5.41, 5.74) is 7.16. The summed E-state index contributed by atoms with van der Waals surface area (Å²) >= 11 is 5.88. The number of rotatable bonds is 5. The Balaban J connectivity index is 0.00000220. The molecule has 0 aliphatic heterocycles. The topological polar surface area (TPSA) is 46.3 Å². The first-order valence-corrected chi connectivity index (χ1v) is 7.75. The number of benzene rings is 1. The molecule has 5 heteroatoms. The first-order chi connectivity index (χ1) is 9.60. The van der Waals surface area contributed by atoms with Gasteiger partial charge in [-0.1, -0.05) is 30.2 Å². The van der Waals surface area contributed by atoms with Crippen molar-refractivity contribution in [1.29, 1.82) is 0 Å². The molecule has 0 bridgehead atoms. The van der Waals surface area contributed by atoms with E-state index in [4.69, 9.17) is 17.3 Å². The molecular formula is C16H24Cl2N2O. The van der Waals surface area contributed by atoms with Crippen molar-refractivity contribution in [1.82, 2.24) is 4.90 Å². The average Bonchev–Trinajstić information content (AvgIpc) is 2.83. The Morgan fingerprint density at radius 2 is 2.00 bits per heavy atom. The maximum Gasteiger partial charge on any atom is 0.223 e. The van der Waals surface area contributed by atoms with E-state index in [2.05, 4.69) is 0 Å². The van der Waals surface area contributed by atoms with E-state index in [1.54, 1.807) is 0 Å². The first kappa shape index (κ1) is 18.3. The van der Waals surface area contributed by atoms with Crippen LogP contribution >= 0.6 is 24.0 Å². The first-order valence-electron chi connectivity index (χ1n) is 7.38. The summed E-state index contributed by atoms with van der Waals surface area (Å²) in [6.07, 6.45) is 3.89. The molecule has 1 aliphatic rings. The van der Waals surface area contributed by atoms with Gasteiger partial charge in [-0.05, 0) is 43.4 Å². The van der Waals surface area contributed by atoms with E-state index in [-0.39, 0.29) is 24.4 Å². The van der Waals surface area contributed by atoms with Crippen molar-refractivity contribution >= 4 is 29.9 Å². The Kier molecular flexibility index (Phi) is 7.50.